The predicted octanol–water partition coefficient (Wildman–Crippen LogP) is 18.7. The molecule has 1 atom stereocenters. The quantitative estimate of drug-likeness (QED) is 0.272. The molecule has 0 spiro atoms. The standard InChI is InChI=1S/C15H29NO.C11H22O.C10H20.C9H19N.C8H16O2.C7H14O.C6H12O/c1-14(2,3)11-13(17)16-9-7-12(8-10-16)15(4,5)6;1-9(12)7-8-11(5,6)10(2,3)4;1-10(2,3)9-7-5-4-6-8-9;1-9(2,3)8-6-4-5-7-10-8;1-7(2,3)8(4,5)6(9)10;1-5-6(8)7(2,3)4;1-5(7)6(2,3)4/h12H,7-11H2,1-6H3;7-8H2,1-6H3;9H,4-8H2,1-3H3;8,10H,4-7H2,1-3H3;1-5H3,(H,9,10);5H2,1-4H3;1-4H3. The van der Waals surface area contributed by atoms with Crippen LogP contribution in [0.5, 0.6) is 0 Å². The van der Waals surface area contributed by atoms with Crippen LogP contribution in [0.2, 0.25) is 0 Å². The van der Waals surface area contributed by atoms with Crippen LogP contribution in [0, 0.1) is 66.0 Å². The Hall–Kier alpha value is -2.09. The largest absolute Gasteiger partial charge is 0.481 e. The normalized spacial score (nSPS) is 17.7. The first-order valence-electron chi connectivity index (χ1n) is 29.4. The van der Waals surface area contributed by atoms with Gasteiger partial charge in [-0.05, 0) is 129 Å². The van der Waals surface area contributed by atoms with Crippen LogP contribution in [-0.4, -0.2) is 64.9 Å². The summed E-state index contributed by atoms with van der Waals surface area (Å²) in [6.45, 7) is 67.7. The van der Waals surface area contributed by atoms with Gasteiger partial charge >= 0.3 is 5.97 Å². The molecule has 0 aromatic heterocycles. The van der Waals surface area contributed by atoms with Gasteiger partial charge in [0.2, 0.25) is 5.91 Å². The second kappa shape index (κ2) is 32.7. The topological polar surface area (TPSA) is 121 Å². The van der Waals surface area contributed by atoms with E-state index in [1.165, 1.54) is 70.8 Å². The molecule has 3 rings (SSSR count). The highest BCUT2D eigenvalue weighted by molar-refractivity contribution is 5.83. The Morgan fingerprint density at radius 1 is 0.514 bits per heavy atom. The summed E-state index contributed by atoms with van der Waals surface area (Å²) in [5.41, 5.74) is 0.958. The van der Waals surface area contributed by atoms with E-state index in [9.17, 15) is 24.0 Å². The third kappa shape index (κ3) is 36.9. The molecule has 74 heavy (non-hydrogen) atoms. The summed E-state index contributed by atoms with van der Waals surface area (Å²) in [4.78, 5) is 56.9. The van der Waals surface area contributed by atoms with E-state index in [4.69, 9.17) is 5.11 Å². The molecule has 1 saturated carbocycles. The second-order valence-corrected chi connectivity index (χ2v) is 32.2. The highest BCUT2D eigenvalue weighted by atomic mass is 16.4. The molecule has 1 aliphatic carbocycles. The Bertz CT molecular complexity index is 1550. The lowest BCUT2D eigenvalue weighted by Crippen LogP contribution is -2.43. The van der Waals surface area contributed by atoms with E-state index < -0.39 is 11.4 Å². The number of nitrogens with one attached hydrogen (secondary N) is 1. The van der Waals surface area contributed by atoms with Crippen LogP contribution in [0.4, 0.5) is 0 Å². The lowest BCUT2D eigenvalue weighted by Gasteiger charge is -2.39. The highest BCUT2D eigenvalue weighted by Gasteiger charge is 2.40. The monoisotopic (exact) mass is 1050 g/mol. The van der Waals surface area contributed by atoms with Gasteiger partial charge in [0.15, 0.2) is 0 Å². The third-order valence-electron chi connectivity index (χ3n) is 16.7. The van der Waals surface area contributed by atoms with Crippen molar-refractivity contribution in [1.29, 1.82) is 0 Å². The second-order valence-electron chi connectivity index (χ2n) is 32.2. The van der Waals surface area contributed by atoms with Crippen LogP contribution < -0.4 is 5.32 Å². The zero-order valence-electron chi connectivity index (χ0n) is 55.7. The number of nitrogens with zero attached hydrogens (tertiary/aromatic N) is 1. The predicted molar refractivity (Wildman–Crippen MR) is 323 cm³/mol. The summed E-state index contributed by atoms with van der Waals surface area (Å²) in [6, 6.07) is 0.751. The number of rotatable bonds is 6. The molecular formula is C66H132N2O6. The fourth-order valence-corrected chi connectivity index (χ4v) is 7.83. The summed E-state index contributed by atoms with van der Waals surface area (Å²) in [6.07, 6.45) is 16.9. The minimum absolute atomic E-state index is 0.109. The number of hydrogen-bond donors (Lipinski definition) is 2. The van der Waals surface area contributed by atoms with E-state index in [2.05, 4.69) is 128 Å². The van der Waals surface area contributed by atoms with E-state index in [0.29, 0.717) is 53.0 Å². The molecule has 0 aromatic rings. The first-order chi connectivity index (χ1) is 32.6. The van der Waals surface area contributed by atoms with Gasteiger partial charge in [0.1, 0.15) is 17.3 Å². The summed E-state index contributed by atoms with van der Waals surface area (Å²) in [5, 5.41) is 12.3. The van der Waals surface area contributed by atoms with E-state index in [-0.39, 0.29) is 38.3 Å². The molecule has 1 amide bonds. The number of likely N-dealkylation sites (tertiary alicyclic amines) is 1. The van der Waals surface area contributed by atoms with Gasteiger partial charge in [-0.25, -0.2) is 0 Å². The molecule has 1 unspecified atom stereocenters. The maximum absolute atomic E-state index is 12.1. The Balaban J connectivity index is -0.000000394. The number of aliphatic carboxylic acids is 1. The zero-order valence-corrected chi connectivity index (χ0v) is 55.7. The molecule has 0 aromatic carbocycles. The van der Waals surface area contributed by atoms with Crippen molar-refractivity contribution in [3.05, 3.63) is 0 Å². The Kier molecular flexibility index (Phi) is 34.7. The fourth-order valence-electron chi connectivity index (χ4n) is 7.83. The van der Waals surface area contributed by atoms with Gasteiger partial charge in [-0.15, -0.1) is 0 Å². The Labute approximate surface area is 462 Å². The third-order valence-corrected chi connectivity index (χ3v) is 16.7. The van der Waals surface area contributed by atoms with E-state index in [0.717, 1.165) is 37.4 Å². The molecule has 0 bridgehead atoms. The number of ketones is 3. The first kappa shape index (κ1) is 78.4. The van der Waals surface area contributed by atoms with Crippen LogP contribution in [0.15, 0.2) is 0 Å². The molecule has 8 nitrogen and oxygen atoms in total. The first-order valence-corrected chi connectivity index (χ1v) is 29.4. The fraction of sp³-hybridized carbons (Fsp3) is 0.924. The molecule has 2 aliphatic heterocycles. The molecule has 442 valence electrons. The molecule has 0 radical (unpaired) electrons. The van der Waals surface area contributed by atoms with Crippen molar-refractivity contribution in [3.8, 4) is 0 Å². The summed E-state index contributed by atoms with van der Waals surface area (Å²) in [5.74, 6) is 2.24. The average molecular weight is 1050 g/mol. The lowest BCUT2D eigenvalue weighted by molar-refractivity contribution is -0.153. The summed E-state index contributed by atoms with van der Waals surface area (Å²) >= 11 is 0. The molecule has 3 fully saturated rings. The molecular weight excluding hydrogens is 917 g/mol. The van der Waals surface area contributed by atoms with Gasteiger partial charge in [-0.1, -0.05) is 213 Å². The SMILES string of the molecule is CC(=O)C(C)(C)C.CC(=O)CCC(C)(C)C(C)(C)C.CC(C)(C)C(C)(C)C(=O)O.CC(C)(C)C1CCCCC1.CC(C)(C)C1CCCCN1.CC(C)(C)CC(=O)N1CCC(C(C)(C)C)CC1.CCC(=O)C(C)(C)C. The minimum Gasteiger partial charge on any atom is -0.481 e. The van der Waals surface area contributed by atoms with Gasteiger partial charge in [0.25, 0.3) is 0 Å². The number of Topliss-reactive ketones (excluding diaryl/α,β-unsaturated/α-hetero) is 3. The molecule has 8 heteroatoms. The van der Waals surface area contributed by atoms with Crippen molar-refractivity contribution in [2.45, 2.75) is 311 Å². The van der Waals surface area contributed by atoms with E-state index in [1.54, 1.807) is 27.7 Å². The summed E-state index contributed by atoms with van der Waals surface area (Å²) < 4.78 is 0. The maximum Gasteiger partial charge on any atom is 0.309 e. The van der Waals surface area contributed by atoms with Crippen molar-refractivity contribution in [2.24, 2.45) is 66.0 Å². The van der Waals surface area contributed by atoms with Crippen molar-refractivity contribution >= 4 is 29.2 Å². The highest BCUT2D eigenvalue weighted by Crippen LogP contribution is 2.42. The lowest BCUT2D eigenvalue weighted by atomic mass is 9.67. The number of carboxylic acid groups (broad SMARTS) is 1. The number of carboxylic acids is 1. The molecule has 2 heterocycles. The van der Waals surface area contributed by atoms with Crippen molar-refractivity contribution in [2.75, 3.05) is 19.6 Å². The van der Waals surface area contributed by atoms with Crippen LogP contribution in [0.1, 0.15) is 305 Å². The van der Waals surface area contributed by atoms with Crippen LogP contribution in [0.3, 0.4) is 0 Å². The summed E-state index contributed by atoms with van der Waals surface area (Å²) in [7, 11) is 0. The maximum atomic E-state index is 12.1. The smallest absolute Gasteiger partial charge is 0.309 e. The Morgan fingerprint density at radius 2 is 0.905 bits per heavy atom. The molecule has 2 saturated heterocycles. The van der Waals surface area contributed by atoms with Gasteiger partial charge < -0.3 is 20.1 Å². The van der Waals surface area contributed by atoms with Crippen LogP contribution in [-0.2, 0) is 24.0 Å². The van der Waals surface area contributed by atoms with Crippen molar-refractivity contribution in [3.63, 3.8) is 0 Å². The number of amides is 1. The van der Waals surface area contributed by atoms with Gasteiger partial charge in [-0.3, -0.25) is 19.2 Å². The average Bonchev–Trinajstić information content (AvgIpc) is 3.21. The van der Waals surface area contributed by atoms with Crippen molar-refractivity contribution < 1.29 is 29.1 Å². The Morgan fingerprint density at radius 3 is 1.11 bits per heavy atom. The van der Waals surface area contributed by atoms with Gasteiger partial charge in [0.05, 0.1) is 5.41 Å². The minimum atomic E-state index is -0.736. The number of carbonyl (C=O) groups is 5. The van der Waals surface area contributed by atoms with Gasteiger partial charge in [0, 0.05) is 49.2 Å². The molecule has 2 N–H and O–H groups in total. The van der Waals surface area contributed by atoms with E-state index >= 15 is 0 Å². The van der Waals surface area contributed by atoms with Gasteiger partial charge in [-0.2, -0.15) is 0 Å². The number of carbonyl (C=O) groups excluding carboxylic acids is 4. The number of hydrogen-bond acceptors (Lipinski definition) is 6. The van der Waals surface area contributed by atoms with Crippen LogP contribution in [0.25, 0.3) is 0 Å². The van der Waals surface area contributed by atoms with Crippen LogP contribution >= 0.6 is 0 Å². The number of piperidine rings is 2. The van der Waals surface area contributed by atoms with Crippen molar-refractivity contribution in [1.82, 2.24) is 10.2 Å². The molecule has 3 aliphatic rings. The zero-order chi connectivity index (χ0) is 59.9. The van der Waals surface area contributed by atoms with E-state index in [1.807, 2.05) is 69.2 Å².